The molecule has 1 saturated heterocycles. The van der Waals surface area contributed by atoms with Crippen LogP contribution in [0, 0.1) is 0 Å². The second-order valence-electron chi connectivity index (χ2n) is 6.10. The van der Waals surface area contributed by atoms with Crippen LogP contribution in [0.5, 0.6) is 0 Å². The SMILES string of the molecule is CC(C)(C)OC(=O)N1CCC(NCc2cscn2)CC1. The van der Waals surface area contributed by atoms with E-state index in [-0.39, 0.29) is 6.09 Å². The van der Waals surface area contributed by atoms with E-state index in [1.165, 1.54) is 0 Å². The summed E-state index contributed by atoms with van der Waals surface area (Å²) >= 11 is 1.62. The Balaban J connectivity index is 1.71. The third-order valence-electron chi connectivity index (χ3n) is 3.20. The Morgan fingerprint density at radius 3 is 2.75 bits per heavy atom. The molecule has 1 N–H and O–H groups in total. The Kier molecular flexibility index (Phi) is 4.99. The maximum atomic E-state index is 11.9. The van der Waals surface area contributed by atoms with Crippen molar-refractivity contribution in [1.82, 2.24) is 15.2 Å². The number of rotatable bonds is 3. The summed E-state index contributed by atoms with van der Waals surface area (Å²) < 4.78 is 5.39. The second kappa shape index (κ2) is 6.54. The Morgan fingerprint density at radius 1 is 1.50 bits per heavy atom. The average Bonchev–Trinajstić information content (AvgIpc) is 2.88. The van der Waals surface area contributed by atoms with Crippen LogP contribution >= 0.6 is 11.3 Å². The highest BCUT2D eigenvalue weighted by Crippen LogP contribution is 2.15. The minimum Gasteiger partial charge on any atom is -0.444 e. The number of carbonyl (C=O) groups is 1. The van der Waals surface area contributed by atoms with Gasteiger partial charge in [-0.2, -0.15) is 0 Å². The first-order chi connectivity index (χ1) is 9.44. The molecule has 5 nitrogen and oxygen atoms in total. The highest BCUT2D eigenvalue weighted by atomic mass is 32.1. The van der Waals surface area contributed by atoms with Crippen LogP contribution in [0.3, 0.4) is 0 Å². The minimum absolute atomic E-state index is 0.199. The highest BCUT2D eigenvalue weighted by molar-refractivity contribution is 7.07. The molecule has 2 rings (SSSR count). The van der Waals surface area contributed by atoms with Crippen molar-refractivity contribution in [3.8, 4) is 0 Å². The van der Waals surface area contributed by atoms with Crippen LogP contribution in [-0.4, -0.2) is 40.7 Å². The zero-order chi connectivity index (χ0) is 14.6. The molecule has 0 atom stereocenters. The zero-order valence-corrected chi connectivity index (χ0v) is 13.2. The molecule has 0 bridgehead atoms. The van der Waals surface area contributed by atoms with Gasteiger partial charge in [0.2, 0.25) is 0 Å². The minimum atomic E-state index is -0.420. The highest BCUT2D eigenvalue weighted by Gasteiger charge is 2.26. The molecule has 1 aromatic heterocycles. The summed E-state index contributed by atoms with van der Waals surface area (Å²) in [6.07, 6.45) is 1.72. The average molecular weight is 297 g/mol. The van der Waals surface area contributed by atoms with Gasteiger partial charge < -0.3 is 15.0 Å². The molecule has 6 heteroatoms. The lowest BCUT2D eigenvalue weighted by Crippen LogP contribution is -2.46. The van der Waals surface area contributed by atoms with Gasteiger partial charge in [-0.3, -0.25) is 0 Å². The molecule has 1 aromatic rings. The summed E-state index contributed by atoms with van der Waals surface area (Å²) in [7, 11) is 0. The van der Waals surface area contributed by atoms with Gasteiger partial charge in [-0.05, 0) is 33.6 Å². The summed E-state index contributed by atoms with van der Waals surface area (Å²) in [6, 6.07) is 0.454. The maximum absolute atomic E-state index is 11.9. The van der Waals surface area contributed by atoms with Crippen molar-refractivity contribution in [3.05, 3.63) is 16.6 Å². The van der Waals surface area contributed by atoms with Crippen molar-refractivity contribution in [3.63, 3.8) is 0 Å². The number of thiazole rings is 1. The number of piperidine rings is 1. The van der Waals surface area contributed by atoms with Crippen molar-refractivity contribution in [2.24, 2.45) is 0 Å². The monoisotopic (exact) mass is 297 g/mol. The largest absolute Gasteiger partial charge is 0.444 e. The molecule has 112 valence electrons. The number of nitrogens with zero attached hydrogens (tertiary/aromatic N) is 2. The van der Waals surface area contributed by atoms with E-state index >= 15 is 0 Å². The molecule has 1 aliphatic rings. The standard InChI is InChI=1S/C14H23N3O2S/c1-14(2,3)19-13(18)17-6-4-11(5-7-17)15-8-12-9-20-10-16-12/h9-11,15H,4-8H2,1-3H3. The van der Waals surface area contributed by atoms with Gasteiger partial charge in [-0.15, -0.1) is 11.3 Å². The number of carbonyl (C=O) groups excluding carboxylic acids is 1. The molecular weight excluding hydrogens is 274 g/mol. The van der Waals surface area contributed by atoms with E-state index in [4.69, 9.17) is 4.74 Å². The fourth-order valence-corrected chi connectivity index (χ4v) is 2.72. The van der Waals surface area contributed by atoms with Gasteiger partial charge in [-0.25, -0.2) is 9.78 Å². The fourth-order valence-electron chi connectivity index (χ4n) is 2.17. The molecule has 20 heavy (non-hydrogen) atoms. The summed E-state index contributed by atoms with van der Waals surface area (Å²) in [6.45, 7) is 8.00. The van der Waals surface area contributed by atoms with Crippen LogP contribution in [0.2, 0.25) is 0 Å². The zero-order valence-electron chi connectivity index (χ0n) is 12.4. The van der Waals surface area contributed by atoms with Crippen molar-refractivity contribution < 1.29 is 9.53 Å². The topological polar surface area (TPSA) is 54.5 Å². The smallest absolute Gasteiger partial charge is 0.410 e. The lowest BCUT2D eigenvalue weighted by molar-refractivity contribution is 0.0198. The molecule has 0 aromatic carbocycles. The Bertz CT molecular complexity index is 420. The van der Waals surface area contributed by atoms with E-state index < -0.39 is 5.60 Å². The van der Waals surface area contributed by atoms with Crippen molar-refractivity contribution >= 4 is 17.4 Å². The molecule has 0 radical (unpaired) electrons. The number of nitrogens with one attached hydrogen (secondary N) is 1. The Hall–Kier alpha value is -1.14. The number of hydrogen-bond acceptors (Lipinski definition) is 5. The van der Waals surface area contributed by atoms with Gasteiger partial charge >= 0.3 is 6.09 Å². The van der Waals surface area contributed by atoms with Gasteiger partial charge in [0, 0.05) is 31.1 Å². The number of likely N-dealkylation sites (tertiary alicyclic amines) is 1. The van der Waals surface area contributed by atoms with Crippen LogP contribution in [-0.2, 0) is 11.3 Å². The molecule has 1 aliphatic heterocycles. The van der Waals surface area contributed by atoms with Gasteiger partial charge in [0.05, 0.1) is 11.2 Å². The molecule has 1 amide bonds. The van der Waals surface area contributed by atoms with Crippen molar-refractivity contribution in [2.45, 2.75) is 51.8 Å². The van der Waals surface area contributed by atoms with E-state index in [1.54, 1.807) is 16.2 Å². The molecule has 0 unspecified atom stereocenters. The molecule has 1 fully saturated rings. The lowest BCUT2D eigenvalue weighted by Gasteiger charge is -2.33. The normalized spacial score (nSPS) is 17.2. The van der Waals surface area contributed by atoms with Crippen molar-refractivity contribution in [2.75, 3.05) is 13.1 Å². The number of amides is 1. The third-order valence-corrected chi connectivity index (χ3v) is 3.84. The number of ether oxygens (including phenoxy) is 1. The van der Waals surface area contributed by atoms with Crippen LogP contribution in [0.1, 0.15) is 39.3 Å². The van der Waals surface area contributed by atoms with Crippen LogP contribution < -0.4 is 5.32 Å². The lowest BCUT2D eigenvalue weighted by atomic mass is 10.1. The number of hydrogen-bond donors (Lipinski definition) is 1. The summed E-state index contributed by atoms with van der Waals surface area (Å²) in [5.74, 6) is 0. The maximum Gasteiger partial charge on any atom is 0.410 e. The predicted molar refractivity (Wildman–Crippen MR) is 79.8 cm³/mol. The predicted octanol–water partition coefficient (Wildman–Crippen LogP) is 2.63. The van der Waals surface area contributed by atoms with Gasteiger partial charge in [0.15, 0.2) is 0 Å². The van der Waals surface area contributed by atoms with E-state index in [0.717, 1.165) is 38.2 Å². The summed E-state index contributed by atoms with van der Waals surface area (Å²) in [4.78, 5) is 18.0. The van der Waals surface area contributed by atoms with Crippen molar-refractivity contribution in [1.29, 1.82) is 0 Å². The molecule has 0 aliphatic carbocycles. The first-order valence-electron chi connectivity index (χ1n) is 7.02. The summed E-state index contributed by atoms with van der Waals surface area (Å²) in [5, 5.41) is 5.56. The summed E-state index contributed by atoms with van der Waals surface area (Å²) in [5.41, 5.74) is 2.52. The van der Waals surface area contributed by atoms with Crippen LogP contribution in [0.15, 0.2) is 10.9 Å². The third kappa shape index (κ3) is 4.76. The molecule has 0 spiro atoms. The van der Waals surface area contributed by atoms with Gasteiger partial charge in [0.25, 0.3) is 0 Å². The van der Waals surface area contributed by atoms with Gasteiger partial charge in [-0.1, -0.05) is 0 Å². The Labute approximate surface area is 124 Å². The number of aromatic nitrogens is 1. The Morgan fingerprint density at radius 2 is 2.20 bits per heavy atom. The second-order valence-corrected chi connectivity index (χ2v) is 6.82. The van der Waals surface area contributed by atoms with E-state index in [2.05, 4.69) is 15.7 Å². The van der Waals surface area contributed by atoms with Gasteiger partial charge in [0.1, 0.15) is 5.60 Å². The fraction of sp³-hybridized carbons (Fsp3) is 0.714. The first-order valence-corrected chi connectivity index (χ1v) is 7.97. The van der Waals surface area contributed by atoms with E-state index in [1.807, 2.05) is 26.3 Å². The van der Waals surface area contributed by atoms with E-state index in [9.17, 15) is 4.79 Å². The molecular formula is C14H23N3O2S. The molecule has 2 heterocycles. The van der Waals surface area contributed by atoms with Crippen LogP contribution in [0.25, 0.3) is 0 Å². The first kappa shape index (κ1) is 15.3. The molecule has 0 saturated carbocycles. The quantitative estimate of drug-likeness (QED) is 0.932. The van der Waals surface area contributed by atoms with E-state index in [0.29, 0.717) is 6.04 Å². The van der Waals surface area contributed by atoms with Crippen LogP contribution in [0.4, 0.5) is 4.79 Å².